The van der Waals surface area contributed by atoms with Crippen molar-refractivity contribution in [2.45, 2.75) is 42.8 Å². The molecule has 3 fully saturated rings. The smallest absolute Gasteiger partial charge is 0.319 e. The van der Waals surface area contributed by atoms with E-state index in [2.05, 4.69) is 30.5 Å². The van der Waals surface area contributed by atoms with Crippen molar-refractivity contribution in [3.8, 4) is 6.01 Å². The Balaban J connectivity index is 1.51. The Morgan fingerprint density at radius 2 is 2.19 bits per heavy atom. The second-order valence-corrected chi connectivity index (χ2v) is 8.63. The first kappa shape index (κ1) is 20.6. The number of fused-ring (bicyclic) bond motifs is 2. The maximum Gasteiger partial charge on any atom is 0.319 e. The predicted octanol–water partition coefficient (Wildman–Crippen LogP) is 2.48. The molecule has 31 heavy (non-hydrogen) atoms. The van der Waals surface area contributed by atoms with Crippen LogP contribution in [-0.4, -0.2) is 77.3 Å². The van der Waals surface area contributed by atoms with Crippen LogP contribution in [0.4, 0.5) is 23.4 Å². The van der Waals surface area contributed by atoms with Crippen molar-refractivity contribution in [1.29, 1.82) is 0 Å². The lowest BCUT2D eigenvalue weighted by Crippen LogP contribution is -2.43. The van der Waals surface area contributed by atoms with E-state index in [1.807, 2.05) is 0 Å². The van der Waals surface area contributed by atoms with Crippen LogP contribution in [0.2, 0.25) is 0 Å². The number of nitrogens with one attached hydrogen (secondary N) is 2. The third kappa shape index (κ3) is 3.38. The van der Waals surface area contributed by atoms with Crippen LogP contribution >= 0.6 is 0 Å². The van der Waals surface area contributed by atoms with E-state index in [-0.39, 0.29) is 41.6 Å². The van der Waals surface area contributed by atoms with Crippen LogP contribution < -0.4 is 15.4 Å². The molecular weight excluding hydrogens is 416 g/mol. The Bertz CT molecular complexity index is 1010. The summed E-state index contributed by atoms with van der Waals surface area (Å²) in [5, 5.41) is 5.61. The molecule has 0 unspecified atom stereocenters. The number of aromatic nitrogens is 3. The summed E-state index contributed by atoms with van der Waals surface area (Å²) in [6.45, 7) is 0.939. The van der Waals surface area contributed by atoms with Crippen LogP contribution in [0.5, 0.6) is 6.01 Å². The number of anilines is 1. The predicted molar refractivity (Wildman–Crippen MR) is 106 cm³/mol. The number of pyridine rings is 1. The highest BCUT2D eigenvalue weighted by molar-refractivity contribution is 5.92. The fourth-order valence-electron chi connectivity index (χ4n) is 5.22. The first-order chi connectivity index (χ1) is 14.8. The number of halogens is 4. The van der Waals surface area contributed by atoms with Gasteiger partial charge in [-0.15, -0.1) is 0 Å². The van der Waals surface area contributed by atoms with Crippen molar-refractivity contribution >= 4 is 16.7 Å². The molecule has 2 aromatic rings. The van der Waals surface area contributed by atoms with Crippen molar-refractivity contribution in [3.05, 3.63) is 17.7 Å². The highest BCUT2D eigenvalue weighted by atomic mass is 19.3. The topological polar surface area (TPSA) is 75.2 Å². The molecule has 7 nitrogen and oxygen atoms in total. The van der Waals surface area contributed by atoms with E-state index in [0.717, 1.165) is 25.6 Å². The zero-order valence-corrected chi connectivity index (χ0v) is 17.1. The lowest BCUT2D eigenvalue weighted by atomic mass is 9.95. The fraction of sp³-hybridized carbons (Fsp3) is 0.650. The molecule has 0 saturated carbocycles. The summed E-state index contributed by atoms with van der Waals surface area (Å²) in [5.74, 6) is -4.82. The molecule has 5 heterocycles. The Morgan fingerprint density at radius 1 is 1.35 bits per heavy atom. The van der Waals surface area contributed by atoms with E-state index in [0.29, 0.717) is 13.0 Å². The van der Waals surface area contributed by atoms with E-state index >= 15 is 0 Å². The molecule has 3 saturated heterocycles. The summed E-state index contributed by atoms with van der Waals surface area (Å²) in [4.78, 5) is 14.6. The van der Waals surface area contributed by atoms with Crippen molar-refractivity contribution < 1.29 is 22.3 Å². The Labute approximate surface area is 176 Å². The number of ether oxygens (including phenoxy) is 1. The van der Waals surface area contributed by atoms with Gasteiger partial charge in [0.2, 0.25) is 0 Å². The Morgan fingerprint density at radius 3 is 2.94 bits per heavy atom. The standard InChI is InChI=1S/C20H24F4N6O/c1-25-17-14-15(12-6-26-9-20(12,23)24)27-7-13(22)16(14)28-18(29-17)31-10-19-3-2-4-30(19)8-11(21)5-19/h7,11-12,26H,2-6,8-10H2,1H3,(H,25,28,29)/t11-,12+,19+/m1/s1. The van der Waals surface area contributed by atoms with Crippen LogP contribution in [0.25, 0.3) is 10.9 Å². The molecular formula is C20H24F4N6O. The van der Waals surface area contributed by atoms with Gasteiger partial charge in [-0.1, -0.05) is 0 Å². The van der Waals surface area contributed by atoms with E-state index in [1.54, 1.807) is 7.05 Å². The average Bonchev–Trinajstić information content (AvgIpc) is 3.37. The van der Waals surface area contributed by atoms with Gasteiger partial charge in [0.1, 0.15) is 24.1 Å². The van der Waals surface area contributed by atoms with Gasteiger partial charge < -0.3 is 15.4 Å². The zero-order chi connectivity index (χ0) is 21.8. The number of nitrogens with zero attached hydrogens (tertiary/aromatic N) is 4. The summed E-state index contributed by atoms with van der Waals surface area (Å²) in [5.41, 5.74) is -0.492. The maximum absolute atomic E-state index is 14.7. The maximum atomic E-state index is 14.7. The van der Waals surface area contributed by atoms with Gasteiger partial charge in [0.25, 0.3) is 5.92 Å². The normalized spacial score (nSPS) is 30.1. The molecule has 0 aromatic carbocycles. The second kappa shape index (κ2) is 7.40. The minimum atomic E-state index is -3.02. The minimum absolute atomic E-state index is 0.0187. The molecule has 0 bridgehead atoms. The molecule has 0 aliphatic carbocycles. The van der Waals surface area contributed by atoms with Crippen LogP contribution in [0.3, 0.4) is 0 Å². The van der Waals surface area contributed by atoms with Crippen LogP contribution in [0, 0.1) is 5.82 Å². The van der Waals surface area contributed by atoms with Gasteiger partial charge in [-0.2, -0.15) is 9.97 Å². The molecule has 168 valence electrons. The van der Waals surface area contributed by atoms with Crippen molar-refractivity contribution in [2.24, 2.45) is 0 Å². The lowest BCUT2D eigenvalue weighted by molar-refractivity contribution is 0.00506. The summed E-state index contributed by atoms with van der Waals surface area (Å²) in [6.07, 6.45) is 2.16. The second-order valence-electron chi connectivity index (χ2n) is 8.63. The molecule has 2 aromatic heterocycles. The third-order valence-corrected chi connectivity index (χ3v) is 6.70. The number of hydrogen-bond donors (Lipinski definition) is 2. The highest BCUT2D eigenvalue weighted by Crippen LogP contribution is 2.42. The lowest BCUT2D eigenvalue weighted by Gasteiger charge is -2.30. The van der Waals surface area contributed by atoms with Gasteiger partial charge in [0.05, 0.1) is 35.3 Å². The molecule has 3 atom stereocenters. The molecule has 11 heteroatoms. The first-order valence-electron chi connectivity index (χ1n) is 10.5. The number of alkyl halides is 3. The first-order valence-corrected chi connectivity index (χ1v) is 10.5. The number of rotatable bonds is 5. The third-order valence-electron chi connectivity index (χ3n) is 6.70. The quantitative estimate of drug-likeness (QED) is 0.692. The monoisotopic (exact) mass is 440 g/mol. The molecule has 0 amide bonds. The number of hydrogen-bond acceptors (Lipinski definition) is 7. The van der Waals surface area contributed by atoms with Crippen LogP contribution in [-0.2, 0) is 0 Å². The summed E-state index contributed by atoms with van der Waals surface area (Å²) < 4.78 is 63.2. The van der Waals surface area contributed by atoms with Gasteiger partial charge in [-0.25, -0.2) is 17.6 Å². The Kier molecular flexibility index (Phi) is 4.93. The van der Waals surface area contributed by atoms with Crippen molar-refractivity contribution in [3.63, 3.8) is 0 Å². The SMILES string of the molecule is CNc1nc(OC[C@@]23CCCN2C[C@H](F)C3)nc2c(F)cnc([C@@H]3CNCC3(F)F)c12. The fourth-order valence-corrected chi connectivity index (χ4v) is 5.22. The largest absolute Gasteiger partial charge is 0.461 e. The molecule has 2 N–H and O–H groups in total. The van der Waals surface area contributed by atoms with E-state index in [9.17, 15) is 17.6 Å². The average molecular weight is 440 g/mol. The molecule has 0 radical (unpaired) electrons. The molecule has 3 aliphatic heterocycles. The Hall–Kier alpha value is -2.27. The van der Waals surface area contributed by atoms with E-state index in [1.165, 1.54) is 0 Å². The van der Waals surface area contributed by atoms with E-state index < -0.39 is 35.9 Å². The molecule has 3 aliphatic rings. The highest BCUT2D eigenvalue weighted by Gasteiger charge is 2.50. The van der Waals surface area contributed by atoms with Crippen molar-refractivity contribution in [1.82, 2.24) is 25.2 Å². The van der Waals surface area contributed by atoms with Gasteiger partial charge in [-0.3, -0.25) is 9.88 Å². The zero-order valence-electron chi connectivity index (χ0n) is 17.1. The van der Waals surface area contributed by atoms with Gasteiger partial charge in [0.15, 0.2) is 5.82 Å². The molecule has 0 spiro atoms. The van der Waals surface area contributed by atoms with Gasteiger partial charge in [-0.05, 0) is 19.4 Å². The van der Waals surface area contributed by atoms with Gasteiger partial charge >= 0.3 is 6.01 Å². The minimum Gasteiger partial charge on any atom is -0.461 e. The van der Waals surface area contributed by atoms with Crippen LogP contribution in [0.1, 0.15) is 30.9 Å². The summed E-state index contributed by atoms with van der Waals surface area (Å²) >= 11 is 0. The summed E-state index contributed by atoms with van der Waals surface area (Å²) in [6, 6.07) is -0.0762. The van der Waals surface area contributed by atoms with Gasteiger partial charge in [0, 0.05) is 26.6 Å². The van der Waals surface area contributed by atoms with Crippen LogP contribution in [0.15, 0.2) is 6.20 Å². The van der Waals surface area contributed by atoms with Crippen molar-refractivity contribution in [2.75, 3.05) is 45.2 Å². The van der Waals surface area contributed by atoms with E-state index in [4.69, 9.17) is 4.74 Å². The molecule has 5 rings (SSSR count). The summed E-state index contributed by atoms with van der Waals surface area (Å²) in [7, 11) is 1.56.